The van der Waals surface area contributed by atoms with Gasteiger partial charge in [0.2, 0.25) is 0 Å². The molecule has 0 aliphatic rings. The summed E-state index contributed by atoms with van der Waals surface area (Å²) in [6.07, 6.45) is 5.21. The van der Waals surface area contributed by atoms with E-state index in [1.54, 1.807) is 0 Å². The van der Waals surface area contributed by atoms with E-state index in [0.717, 1.165) is 25.0 Å². The average molecular weight is 160 g/mol. The summed E-state index contributed by atoms with van der Waals surface area (Å²) < 4.78 is 0. The number of rotatable bonds is 5. The van der Waals surface area contributed by atoms with Crippen LogP contribution in [0.1, 0.15) is 26.2 Å². The molecule has 0 aliphatic heterocycles. The zero-order valence-electron chi connectivity index (χ0n) is 6.51. The Balaban J connectivity index is 3.21. The Kier molecular flexibility index (Phi) is 7.20. The first-order valence-electron chi connectivity index (χ1n) is 3.68. The Morgan fingerprint density at radius 2 is 2.20 bits per heavy atom. The Morgan fingerprint density at radius 3 is 2.70 bits per heavy atom. The molecule has 0 atom stereocenters. The zero-order chi connectivity index (χ0) is 7.82. The Bertz CT molecular complexity index is 99.4. The van der Waals surface area contributed by atoms with Crippen molar-refractivity contribution in [3.8, 4) is 0 Å². The third-order valence-corrected chi connectivity index (χ3v) is 1.60. The number of allylic oxidation sites excluding steroid dienone is 1. The van der Waals surface area contributed by atoms with Crippen LogP contribution >= 0.6 is 12.6 Å². The Morgan fingerprint density at radius 1 is 1.50 bits per heavy atom. The highest BCUT2D eigenvalue weighted by atomic mass is 32.1. The van der Waals surface area contributed by atoms with E-state index in [1.165, 1.54) is 5.57 Å². The maximum atomic E-state index is 8.47. The lowest BCUT2D eigenvalue weighted by Gasteiger charge is -1.97. The summed E-state index contributed by atoms with van der Waals surface area (Å²) in [7, 11) is 0. The van der Waals surface area contributed by atoms with Gasteiger partial charge in [-0.2, -0.15) is 12.6 Å². The molecule has 0 amide bonds. The summed E-state index contributed by atoms with van der Waals surface area (Å²) in [5, 5.41) is 8.47. The molecular weight excluding hydrogens is 144 g/mol. The summed E-state index contributed by atoms with van der Waals surface area (Å²) >= 11 is 4.08. The molecule has 10 heavy (non-hydrogen) atoms. The van der Waals surface area contributed by atoms with Gasteiger partial charge in [-0.25, -0.2) is 0 Å². The van der Waals surface area contributed by atoms with Crippen molar-refractivity contribution in [1.29, 1.82) is 0 Å². The number of thiol groups is 1. The van der Waals surface area contributed by atoms with Crippen molar-refractivity contribution in [2.75, 3.05) is 12.4 Å². The summed E-state index contributed by atoms with van der Waals surface area (Å²) in [6, 6.07) is 0. The van der Waals surface area contributed by atoms with Crippen molar-refractivity contribution in [2.45, 2.75) is 26.2 Å². The van der Waals surface area contributed by atoms with Crippen molar-refractivity contribution < 1.29 is 5.11 Å². The monoisotopic (exact) mass is 160 g/mol. The Labute approximate surface area is 68.6 Å². The molecule has 60 valence electrons. The lowest BCUT2D eigenvalue weighted by atomic mass is 10.1. The molecule has 2 heteroatoms. The van der Waals surface area contributed by atoms with Gasteiger partial charge in [0.15, 0.2) is 0 Å². The van der Waals surface area contributed by atoms with Crippen molar-refractivity contribution in [1.82, 2.24) is 0 Å². The van der Waals surface area contributed by atoms with E-state index in [4.69, 9.17) is 5.11 Å². The smallest absolute Gasteiger partial charge is 0.0431 e. The second-order valence-electron chi connectivity index (χ2n) is 2.41. The van der Waals surface area contributed by atoms with Crippen LogP contribution in [0.2, 0.25) is 0 Å². The molecule has 1 N–H and O–H groups in total. The highest BCUT2D eigenvalue weighted by Crippen LogP contribution is 2.05. The van der Waals surface area contributed by atoms with Gasteiger partial charge in [0.1, 0.15) is 0 Å². The quantitative estimate of drug-likeness (QED) is 0.358. The molecule has 0 unspecified atom stereocenters. The van der Waals surface area contributed by atoms with E-state index in [-0.39, 0.29) is 0 Å². The van der Waals surface area contributed by atoms with Gasteiger partial charge in [0.25, 0.3) is 0 Å². The predicted octanol–water partition coefficient (Wildman–Crippen LogP) is 2.03. The molecule has 0 aromatic heterocycles. The van der Waals surface area contributed by atoms with Crippen molar-refractivity contribution >= 4 is 12.6 Å². The van der Waals surface area contributed by atoms with Crippen LogP contribution < -0.4 is 0 Å². The third-order valence-electron chi connectivity index (χ3n) is 1.42. The highest BCUT2D eigenvalue weighted by Gasteiger charge is 1.88. The first-order valence-corrected chi connectivity index (χ1v) is 4.32. The maximum absolute atomic E-state index is 8.47. The molecule has 0 radical (unpaired) electrons. The SMILES string of the molecule is C/C(=C\CS)CCCCO. The lowest BCUT2D eigenvalue weighted by Crippen LogP contribution is -1.84. The van der Waals surface area contributed by atoms with Crippen LogP contribution in [-0.2, 0) is 0 Å². The fourth-order valence-corrected chi connectivity index (χ4v) is 1.09. The van der Waals surface area contributed by atoms with Crippen molar-refractivity contribution in [3.05, 3.63) is 11.6 Å². The lowest BCUT2D eigenvalue weighted by molar-refractivity contribution is 0.284. The normalized spacial score (nSPS) is 12.1. The molecule has 0 rings (SSSR count). The van der Waals surface area contributed by atoms with Crippen LogP contribution in [0.15, 0.2) is 11.6 Å². The zero-order valence-corrected chi connectivity index (χ0v) is 7.40. The van der Waals surface area contributed by atoms with Crippen LogP contribution in [0, 0.1) is 0 Å². The fourth-order valence-electron chi connectivity index (χ4n) is 0.774. The van der Waals surface area contributed by atoms with E-state index < -0.39 is 0 Å². The van der Waals surface area contributed by atoms with Crippen molar-refractivity contribution in [3.63, 3.8) is 0 Å². The summed E-state index contributed by atoms with van der Waals surface area (Å²) in [5.74, 6) is 0.824. The van der Waals surface area contributed by atoms with Crippen LogP contribution in [0.3, 0.4) is 0 Å². The molecule has 0 spiro atoms. The second kappa shape index (κ2) is 7.16. The topological polar surface area (TPSA) is 20.2 Å². The number of unbranched alkanes of at least 4 members (excludes halogenated alkanes) is 1. The average Bonchev–Trinajstić information content (AvgIpc) is 1.89. The molecular formula is C8H16OS. The molecule has 0 aromatic carbocycles. The van der Waals surface area contributed by atoms with Gasteiger partial charge in [-0.05, 0) is 26.2 Å². The summed E-state index contributed by atoms with van der Waals surface area (Å²) in [4.78, 5) is 0. The molecule has 0 aromatic rings. The second-order valence-corrected chi connectivity index (χ2v) is 2.78. The summed E-state index contributed by atoms with van der Waals surface area (Å²) in [5.41, 5.74) is 1.38. The van der Waals surface area contributed by atoms with Crippen LogP contribution in [0.4, 0.5) is 0 Å². The highest BCUT2D eigenvalue weighted by molar-refractivity contribution is 7.80. The Hall–Kier alpha value is 0.0500. The van der Waals surface area contributed by atoms with E-state index >= 15 is 0 Å². The van der Waals surface area contributed by atoms with E-state index in [9.17, 15) is 0 Å². The van der Waals surface area contributed by atoms with Gasteiger partial charge in [-0.1, -0.05) is 11.6 Å². The van der Waals surface area contributed by atoms with E-state index in [0.29, 0.717) is 6.61 Å². The molecule has 0 saturated carbocycles. The van der Waals surface area contributed by atoms with Gasteiger partial charge in [0, 0.05) is 12.4 Å². The van der Waals surface area contributed by atoms with Crippen LogP contribution in [-0.4, -0.2) is 17.5 Å². The number of aliphatic hydroxyl groups excluding tert-OH is 1. The molecule has 0 heterocycles. The number of hydrogen-bond donors (Lipinski definition) is 2. The molecule has 1 nitrogen and oxygen atoms in total. The molecule has 0 bridgehead atoms. The standard InChI is InChI=1S/C8H16OS/c1-8(5-7-10)4-2-3-6-9/h5,9-10H,2-4,6-7H2,1H3/b8-5+. The first kappa shape index (κ1) is 10.0. The number of hydrogen-bond acceptors (Lipinski definition) is 2. The first-order chi connectivity index (χ1) is 4.81. The summed E-state index contributed by atoms with van der Waals surface area (Å²) in [6.45, 7) is 2.42. The van der Waals surface area contributed by atoms with Gasteiger partial charge in [-0.15, -0.1) is 0 Å². The van der Waals surface area contributed by atoms with Crippen molar-refractivity contribution in [2.24, 2.45) is 0 Å². The third kappa shape index (κ3) is 6.17. The molecule has 0 aliphatic carbocycles. The molecule has 0 fully saturated rings. The minimum atomic E-state index is 0.314. The van der Waals surface area contributed by atoms with Gasteiger partial charge >= 0.3 is 0 Å². The van der Waals surface area contributed by atoms with Crippen LogP contribution in [0.25, 0.3) is 0 Å². The predicted molar refractivity (Wildman–Crippen MR) is 48.5 cm³/mol. The fraction of sp³-hybridized carbons (Fsp3) is 0.750. The largest absolute Gasteiger partial charge is 0.396 e. The van der Waals surface area contributed by atoms with Gasteiger partial charge in [-0.3, -0.25) is 0 Å². The van der Waals surface area contributed by atoms with Gasteiger partial charge < -0.3 is 5.11 Å². The van der Waals surface area contributed by atoms with Crippen LogP contribution in [0.5, 0.6) is 0 Å². The number of aliphatic hydroxyl groups is 1. The van der Waals surface area contributed by atoms with E-state index in [2.05, 4.69) is 25.6 Å². The van der Waals surface area contributed by atoms with E-state index in [1.807, 2.05) is 0 Å². The van der Waals surface area contributed by atoms with Gasteiger partial charge in [0.05, 0.1) is 0 Å². The minimum Gasteiger partial charge on any atom is -0.396 e. The molecule has 0 saturated heterocycles. The maximum Gasteiger partial charge on any atom is 0.0431 e. The minimum absolute atomic E-state index is 0.314.